The number of hydrogen-bond acceptors (Lipinski definition) is 11. The Balaban J connectivity index is 1.94. The van der Waals surface area contributed by atoms with Crippen LogP contribution in [0.3, 0.4) is 0 Å². The number of ketones is 1. The maximum atomic E-state index is 14.6. The number of nitro benzene ring substituents is 2. The Hall–Kier alpha value is -5.53. The molecule has 0 heterocycles. The van der Waals surface area contributed by atoms with E-state index in [2.05, 4.69) is 0 Å². The average Bonchev–Trinajstić information content (AvgIpc) is 3.00. The van der Waals surface area contributed by atoms with Gasteiger partial charge in [0.2, 0.25) is 11.5 Å². The third kappa shape index (κ3) is 6.75. The van der Waals surface area contributed by atoms with Crippen LogP contribution in [0.1, 0.15) is 45.2 Å². The topological polar surface area (TPSA) is 236 Å². The van der Waals surface area contributed by atoms with Gasteiger partial charge in [-0.25, -0.2) is 0 Å². The van der Waals surface area contributed by atoms with Gasteiger partial charge in [-0.2, -0.15) is 0 Å². The molecule has 4 aromatic rings. The number of benzene rings is 4. The van der Waals surface area contributed by atoms with E-state index < -0.39 is 61.8 Å². The van der Waals surface area contributed by atoms with Crippen molar-refractivity contribution in [2.45, 2.75) is 37.8 Å². The zero-order valence-corrected chi connectivity index (χ0v) is 23.3. The SMILES string of the molecule is NCc1cccc(CC(C(=O)C(Cc2cccc(CN)c2)c2cc(O)c(O)c([N+](=O)[O-])c2)c2cc(O)c(O)c([N+](=O)[O-])c2)c1. The van der Waals surface area contributed by atoms with Crippen molar-refractivity contribution in [3.63, 3.8) is 0 Å². The zero-order valence-electron chi connectivity index (χ0n) is 23.3. The van der Waals surface area contributed by atoms with Gasteiger partial charge in [-0.1, -0.05) is 48.5 Å². The van der Waals surface area contributed by atoms with Crippen LogP contribution in [0.2, 0.25) is 0 Å². The van der Waals surface area contributed by atoms with Crippen LogP contribution in [-0.2, 0) is 30.7 Å². The van der Waals surface area contributed by atoms with E-state index in [1.54, 1.807) is 48.5 Å². The normalized spacial score (nSPS) is 12.4. The van der Waals surface area contributed by atoms with Crippen LogP contribution in [0.4, 0.5) is 11.4 Å². The van der Waals surface area contributed by atoms with E-state index in [0.717, 1.165) is 35.4 Å². The van der Waals surface area contributed by atoms with Gasteiger partial charge in [-0.3, -0.25) is 25.0 Å². The lowest BCUT2D eigenvalue weighted by Crippen LogP contribution is -2.25. The summed E-state index contributed by atoms with van der Waals surface area (Å²) in [5, 5.41) is 64.4. The van der Waals surface area contributed by atoms with Crippen molar-refractivity contribution in [2.24, 2.45) is 11.5 Å². The smallest absolute Gasteiger partial charge is 0.314 e. The molecule has 0 saturated carbocycles. The summed E-state index contributed by atoms with van der Waals surface area (Å²) in [6, 6.07) is 18.1. The molecule has 0 amide bonds. The standard InChI is InChI=1S/C31H30N4O9/c32-15-19-5-1-3-17(7-19)9-23(21-11-25(34(41)42)30(39)27(36)13-21)29(38)24(10-18-4-2-6-20(8-18)16-33)22-12-26(35(43)44)31(40)28(37)14-22/h1-8,11-14,23-24,36-37,39-40H,9-10,15-16,32-33H2. The van der Waals surface area contributed by atoms with Crippen molar-refractivity contribution in [1.82, 2.24) is 0 Å². The number of nitro groups is 2. The summed E-state index contributed by atoms with van der Waals surface area (Å²) in [6.45, 7) is 0.406. The van der Waals surface area contributed by atoms with E-state index in [9.17, 15) is 45.4 Å². The molecule has 13 nitrogen and oxygen atoms in total. The van der Waals surface area contributed by atoms with Gasteiger partial charge in [0.1, 0.15) is 5.78 Å². The fraction of sp³-hybridized carbons (Fsp3) is 0.194. The van der Waals surface area contributed by atoms with E-state index in [4.69, 9.17) is 11.5 Å². The fourth-order valence-corrected chi connectivity index (χ4v) is 5.18. The summed E-state index contributed by atoms with van der Waals surface area (Å²) < 4.78 is 0. The highest BCUT2D eigenvalue weighted by atomic mass is 16.6. The molecule has 4 rings (SSSR count). The number of nitrogens with two attached hydrogens (primary N) is 2. The van der Waals surface area contributed by atoms with Crippen molar-refractivity contribution in [1.29, 1.82) is 0 Å². The van der Waals surface area contributed by atoms with Gasteiger partial charge in [0.15, 0.2) is 11.5 Å². The van der Waals surface area contributed by atoms with Crippen LogP contribution in [-0.4, -0.2) is 36.1 Å². The van der Waals surface area contributed by atoms with Crippen molar-refractivity contribution >= 4 is 17.2 Å². The molecule has 2 atom stereocenters. The molecule has 2 unspecified atom stereocenters. The third-order valence-electron chi connectivity index (χ3n) is 7.40. The Morgan fingerprint density at radius 1 is 0.636 bits per heavy atom. The summed E-state index contributed by atoms with van der Waals surface area (Å²) in [4.78, 5) is 36.2. The highest BCUT2D eigenvalue weighted by molar-refractivity contribution is 5.93. The van der Waals surface area contributed by atoms with Gasteiger partial charge >= 0.3 is 11.4 Å². The molecule has 44 heavy (non-hydrogen) atoms. The van der Waals surface area contributed by atoms with Crippen LogP contribution in [0, 0.1) is 20.2 Å². The first kappa shape index (κ1) is 31.4. The van der Waals surface area contributed by atoms with E-state index >= 15 is 0 Å². The number of carbonyl (C=O) groups is 1. The summed E-state index contributed by atoms with van der Waals surface area (Å²) in [6.07, 6.45) is -0.0565. The second kappa shape index (κ2) is 13.2. The molecule has 0 aliphatic rings. The Morgan fingerprint density at radius 2 is 1.00 bits per heavy atom. The predicted molar refractivity (Wildman–Crippen MR) is 159 cm³/mol. The summed E-state index contributed by atoms with van der Waals surface area (Å²) in [5.41, 5.74) is 12.7. The summed E-state index contributed by atoms with van der Waals surface area (Å²) >= 11 is 0. The minimum absolute atomic E-state index is 0.00774. The number of rotatable bonds is 12. The minimum Gasteiger partial charge on any atom is -0.504 e. The molecule has 0 aliphatic carbocycles. The molecule has 0 aliphatic heterocycles. The van der Waals surface area contributed by atoms with Crippen LogP contribution in [0.5, 0.6) is 23.0 Å². The molecule has 0 fully saturated rings. The lowest BCUT2D eigenvalue weighted by Gasteiger charge is -2.25. The Kier molecular flexibility index (Phi) is 9.41. The molecular formula is C31H30N4O9. The largest absolute Gasteiger partial charge is 0.504 e. The quantitative estimate of drug-likeness (QED) is 0.0764. The lowest BCUT2D eigenvalue weighted by molar-refractivity contribution is -0.386. The van der Waals surface area contributed by atoms with Crippen LogP contribution >= 0.6 is 0 Å². The van der Waals surface area contributed by atoms with E-state index in [1.165, 1.54) is 0 Å². The van der Waals surface area contributed by atoms with Crippen molar-refractivity contribution in [3.05, 3.63) is 126 Å². The number of phenolic OH excluding ortho intramolecular Hbond substituents is 4. The molecule has 0 saturated heterocycles. The van der Waals surface area contributed by atoms with Crippen molar-refractivity contribution < 1.29 is 35.1 Å². The molecule has 0 spiro atoms. The van der Waals surface area contributed by atoms with E-state index in [1.807, 2.05) is 0 Å². The second-order valence-corrected chi connectivity index (χ2v) is 10.3. The molecule has 0 bridgehead atoms. The van der Waals surface area contributed by atoms with Gasteiger partial charge in [-0.15, -0.1) is 0 Å². The van der Waals surface area contributed by atoms with Crippen molar-refractivity contribution in [2.75, 3.05) is 0 Å². The molecular weight excluding hydrogens is 572 g/mol. The zero-order chi connectivity index (χ0) is 32.1. The summed E-state index contributed by atoms with van der Waals surface area (Å²) in [7, 11) is 0. The molecule has 8 N–H and O–H groups in total. The van der Waals surface area contributed by atoms with E-state index in [0.29, 0.717) is 11.1 Å². The monoisotopic (exact) mass is 602 g/mol. The van der Waals surface area contributed by atoms with Crippen LogP contribution in [0.15, 0.2) is 72.8 Å². The predicted octanol–water partition coefficient (Wildman–Crippen LogP) is 4.16. The number of hydrogen-bond donors (Lipinski definition) is 6. The first-order valence-corrected chi connectivity index (χ1v) is 13.4. The molecule has 13 heteroatoms. The number of phenols is 4. The maximum absolute atomic E-state index is 14.6. The molecule has 0 aromatic heterocycles. The Morgan fingerprint density at radius 3 is 1.34 bits per heavy atom. The van der Waals surface area contributed by atoms with Crippen molar-refractivity contribution in [3.8, 4) is 23.0 Å². The first-order chi connectivity index (χ1) is 20.9. The number of nitrogens with zero attached hydrogens (tertiary/aromatic N) is 2. The number of aromatic hydroxyl groups is 4. The Bertz CT molecular complexity index is 1620. The second-order valence-electron chi connectivity index (χ2n) is 10.3. The van der Waals surface area contributed by atoms with Gasteiger partial charge in [-0.05, 0) is 58.4 Å². The fourth-order valence-electron chi connectivity index (χ4n) is 5.18. The highest BCUT2D eigenvalue weighted by Crippen LogP contribution is 2.43. The average molecular weight is 603 g/mol. The van der Waals surface area contributed by atoms with Crippen LogP contribution < -0.4 is 11.5 Å². The van der Waals surface area contributed by atoms with Gasteiger partial charge in [0.05, 0.1) is 9.85 Å². The molecule has 228 valence electrons. The Labute approximate surface area is 250 Å². The number of carbonyl (C=O) groups excluding carboxylic acids is 1. The lowest BCUT2D eigenvalue weighted by atomic mass is 9.77. The van der Waals surface area contributed by atoms with Gasteiger partial charge < -0.3 is 31.9 Å². The number of Topliss-reactive ketones (excluding diaryl/α,β-unsaturated/α-hetero) is 1. The molecule has 4 aromatic carbocycles. The third-order valence-corrected chi connectivity index (χ3v) is 7.40. The summed E-state index contributed by atoms with van der Waals surface area (Å²) in [5.74, 6) is -6.51. The van der Waals surface area contributed by atoms with Gasteiger partial charge in [0, 0.05) is 37.1 Å². The highest BCUT2D eigenvalue weighted by Gasteiger charge is 2.34. The maximum Gasteiger partial charge on any atom is 0.314 e. The first-order valence-electron chi connectivity index (χ1n) is 13.4. The van der Waals surface area contributed by atoms with Crippen LogP contribution in [0.25, 0.3) is 0 Å². The van der Waals surface area contributed by atoms with E-state index in [-0.39, 0.29) is 37.1 Å². The minimum atomic E-state index is -1.19. The van der Waals surface area contributed by atoms with Gasteiger partial charge in [0.25, 0.3) is 0 Å². The molecule has 0 radical (unpaired) electrons.